The van der Waals surface area contributed by atoms with Crippen LogP contribution in [-0.2, 0) is 0 Å². The molecule has 1 aliphatic rings. The molecular formula is C16H26N2. The fourth-order valence-electron chi connectivity index (χ4n) is 3.17. The molecule has 100 valence electrons. The lowest BCUT2D eigenvalue weighted by Gasteiger charge is -2.31. The Kier molecular flexibility index (Phi) is 4.62. The van der Waals surface area contributed by atoms with E-state index >= 15 is 0 Å². The highest BCUT2D eigenvalue weighted by Gasteiger charge is 2.22. The maximum Gasteiger partial charge on any atom is 0.0531 e. The Morgan fingerprint density at radius 1 is 1.33 bits per heavy atom. The molecule has 2 unspecified atom stereocenters. The van der Waals surface area contributed by atoms with Crippen molar-refractivity contribution >= 4 is 5.69 Å². The van der Waals surface area contributed by atoms with Crippen LogP contribution < -0.4 is 5.32 Å². The average molecular weight is 246 g/mol. The van der Waals surface area contributed by atoms with Gasteiger partial charge in [0, 0.05) is 18.4 Å². The van der Waals surface area contributed by atoms with Gasteiger partial charge in [0.1, 0.15) is 0 Å². The highest BCUT2D eigenvalue weighted by Crippen LogP contribution is 2.30. The maximum atomic E-state index is 4.25. The predicted octanol–water partition coefficient (Wildman–Crippen LogP) is 4.41. The molecule has 2 rings (SSSR count). The van der Waals surface area contributed by atoms with Gasteiger partial charge in [-0.05, 0) is 49.7 Å². The molecule has 2 heteroatoms. The summed E-state index contributed by atoms with van der Waals surface area (Å²) in [6.45, 7) is 6.77. The summed E-state index contributed by atoms with van der Waals surface area (Å²) >= 11 is 0. The second-order valence-electron chi connectivity index (χ2n) is 6.25. The van der Waals surface area contributed by atoms with Crippen LogP contribution in [0.1, 0.15) is 51.5 Å². The van der Waals surface area contributed by atoms with Gasteiger partial charge in [0.25, 0.3) is 0 Å². The van der Waals surface area contributed by atoms with Gasteiger partial charge in [-0.3, -0.25) is 4.98 Å². The van der Waals surface area contributed by atoms with E-state index in [4.69, 9.17) is 0 Å². The molecule has 1 N–H and O–H groups in total. The summed E-state index contributed by atoms with van der Waals surface area (Å²) in [5, 5.41) is 3.66. The Morgan fingerprint density at radius 2 is 2.17 bits per heavy atom. The van der Waals surface area contributed by atoms with E-state index in [1.54, 1.807) is 0 Å². The van der Waals surface area contributed by atoms with Gasteiger partial charge in [-0.2, -0.15) is 0 Å². The molecule has 0 spiro atoms. The molecular weight excluding hydrogens is 220 g/mol. The number of anilines is 1. The number of nitrogens with zero attached hydrogens (tertiary/aromatic N) is 1. The normalized spacial score (nSPS) is 24.2. The molecule has 1 saturated carbocycles. The molecule has 0 amide bonds. The summed E-state index contributed by atoms with van der Waals surface area (Å²) in [5.74, 6) is 1.74. The van der Waals surface area contributed by atoms with E-state index in [9.17, 15) is 0 Å². The first-order chi connectivity index (χ1) is 8.63. The van der Waals surface area contributed by atoms with Crippen LogP contribution in [0.2, 0.25) is 0 Å². The fraction of sp³-hybridized carbons (Fsp3) is 0.688. The van der Waals surface area contributed by atoms with E-state index in [0.29, 0.717) is 6.04 Å². The van der Waals surface area contributed by atoms with Crippen LogP contribution in [-0.4, -0.2) is 11.0 Å². The number of aromatic nitrogens is 1. The van der Waals surface area contributed by atoms with E-state index in [2.05, 4.69) is 37.1 Å². The van der Waals surface area contributed by atoms with Crippen molar-refractivity contribution in [3.05, 3.63) is 24.0 Å². The van der Waals surface area contributed by atoms with Gasteiger partial charge in [-0.1, -0.05) is 26.7 Å². The molecule has 1 fully saturated rings. The predicted molar refractivity (Wildman–Crippen MR) is 77.8 cm³/mol. The van der Waals surface area contributed by atoms with Crippen LogP contribution in [0.3, 0.4) is 0 Å². The molecule has 0 bridgehead atoms. The SMILES string of the molecule is Cc1cncc(NC2CCCC(CC(C)C)C2)c1. The van der Waals surface area contributed by atoms with Crippen LogP contribution >= 0.6 is 0 Å². The number of pyridine rings is 1. The maximum absolute atomic E-state index is 4.25. The molecule has 1 aliphatic carbocycles. The lowest BCUT2D eigenvalue weighted by atomic mass is 9.81. The number of nitrogens with one attached hydrogen (secondary N) is 1. The third-order valence-corrected chi connectivity index (χ3v) is 3.83. The Hall–Kier alpha value is -1.05. The minimum Gasteiger partial charge on any atom is -0.381 e. The van der Waals surface area contributed by atoms with Crippen LogP contribution in [0.4, 0.5) is 5.69 Å². The zero-order valence-electron chi connectivity index (χ0n) is 11.9. The molecule has 0 aliphatic heterocycles. The lowest BCUT2D eigenvalue weighted by Crippen LogP contribution is -2.28. The quantitative estimate of drug-likeness (QED) is 0.851. The largest absolute Gasteiger partial charge is 0.381 e. The fourth-order valence-corrected chi connectivity index (χ4v) is 3.17. The minimum atomic E-state index is 0.645. The van der Waals surface area contributed by atoms with Gasteiger partial charge in [0.2, 0.25) is 0 Å². The van der Waals surface area contributed by atoms with Gasteiger partial charge < -0.3 is 5.32 Å². The zero-order valence-corrected chi connectivity index (χ0v) is 11.9. The van der Waals surface area contributed by atoms with E-state index < -0.39 is 0 Å². The van der Waals surface area contributed by atoms with Crippen LogP contribution in [0, 0.1) is 18.8 Å². The van der Waals surface area contributed by atoms with Crippen molar-refractivity contribution in [2.24, 2.45) is 11.8 Å². The van der Waals surface area contributed by atoms with Gasteiger partial charge in [-0.25, -0.2) is 0 Å². The van der Waals surface area contributed by atoms with Crippen molar-refractivity contribution in [3.63, 3.8) is 0 Å². The van der Waals surface area contributed by atoms with Crippen molar-refractivity contribution in [1.82, 2.24) is 4.98 Å². The van der Waals surface area contributed by atoms with Crippen LogP contribution in [0.15, 0.2) is 18.5 Å². The van der Waals surface area contributed by atoms with Gasteiger partial charge in [0.15, 0.2) is 0 Å². The Labute approximate surface area is 111 Å². The third kappa shape index (κ3) is 4.01. The van der Waals surface area contributed by atoms with E-state index in [0.717, 1.165) is 11.8 Å². The summed E-state index contributed by atoms with van der Waals surface area (Å²) in [7, 11) is 0. The minimum absolute atomic E-state index is 0.645. The first-order valence-corrected chi connectivity index (χ1v) is 7.31. The van der Waals surface area contributed by atoms with Crippen molar-refractivity contribution in [2.45, 2.75) is 58.9 Å². The van der Waals surface area contributed by atoms with Crippen molar-refractivity contribution in [1.29, 1.82) is 0 Å². The number of hydrogen-bond donors (Lipinski definition) is 1. The summed E-state index contributed by atoms with van der Waals surface area (Å²) in [6.07, 6.45) is 10.7. The molecule has 0 radical (unpaired) electrons. The summed E-state index contributed by atoms with van der Waals surface area (Å²) in [6, 6.07) is 2.84. The van der Waals surface area contributed by atoms with E-state index in [1.165, 1.54) is 43.4 Å². The highest BCUT2D eigenvalue weighted by atomic mass is 14.9. The first kappa shape index (κ1) is 13.4. The first-order valence-electron chi connectivity index (χ1n) is 7.31. The number of rotatable bonds is 4. The summed E-state index contributed by atoms with van der Waals surface area (Å²) in [5.41, 5.74) is 2.42. The van der Waals surface area contributed by atoms with Crippen molar-refractivity contribution < 1.29 is 0 Å². The monoisotopic (exact) mass is 246 g/mol. The van der Waals surface area contributed by atoms with Gasteiger partial charge in [-0.15, -0.1) is 0 Å². The molecule has 18 heavy (non-hydrogen) atoms. The number of hydrogen-bond acceptors (Lipinski definition) is 2. The average Bonchev–Trinajstić information content (AvgIpc) is 2.28. The molecule has 1 heterocycles. The zero-order chi connectivity index (χ0) is 13.0. The second kappa shape index (κ2) is 6.21. The Morgan fingerprint density at radius 3 is 2.89 bits per heavy atom. The summed E-state index contributed by atoms with van der Waals surface area (Å²) < 4.78 is 0. The lowest BCUT2D eigenvalue weighted by molar-refractivity contribution is 0.289. The van der Waals surface area contributed by atoms with Crippen molar-refractivity contribution in [2.75, 3.05) is 5.32 Å². The topological polar surface area (TPSA) is 24.9 Å². The van der Waals surface area contributed by atoms with E-state index in [-0.39, 0.29) is 0 Å². The summed E-state index contributed by atoms with van der Waals surface area (Å²) in [4.78, 5) is 4.25. The Bertz CT molecular complexity index is 373. The molecule has 0 aromatic carbocycles. The molecule has 1 aromatic rings. The molecule has 2 nitrogen and oxygen atoms in total. The van der Waals surface area contributed by atoms with Crippen LogP contribution in [0.5, 0.6) is 0 Å². The number of aryl methyl sites for hydroxylation is 1. The Balaban J connectivity index is 1.89. The van der Waals surface area contributed by atoms with E-state index in [1.807, 2.05) is 12.4 Å². The third-order valence-electron chi connectivity index (χ3n) is 3.83. The highest BCUT2D eigenvalue weighted by molar-refractivity contribution is 5.43. The smallest absolute Gasteiger partial charge is 0.0531 e. The van der Waals surface area contributed by atoms with Crippen LogP contribution in [0.25, 0.3) is 0 Å². The second-order valence-corrected chi connectivity index (χ2v) is 6.25. The van der Waals surface area contributed by atoms with Gasteiger partial charge >= 0.3 is 0 Å². The molecule has 2 atom stereocenters. The molecule has 1 aromatic heterocycles. The molecule has 0 saturated heterocycles. The standard InChI is InChI=1S/C16H26N2/c1-12(2)7-14-5-4-6-15(9-14)18-16-8-13(3)10-17-11-16/h8,10-12,14-15,18H,4-7,9H2,1-3H3. The van der Waals surface area contributed by atoms with Crippen molar-refractivity contribution in [3.8, 4) is 0 Å². The van der Waals surface area contributed by atoms with Gasteiger partial charge in [0.05, 0.1) is 5.69 Å².